The van der Waals surface area contributed by atoms with E-state index in [1.807, 2.05) is 48.2 Å². The second kappa shape index (κ2) is 8.71. The molecule has 1 aliphatic heterocycles. The van der Waals surface area contributed by atoms with Gasteiger partial charge >= 0.3 is 0 Å². The molecule has 27 heavy (non-hydrogen) atoms. The van der Waals surface area contributed by atoms with Crippen molar-refractivity contribution in [2.45, 2.75) is 32.6 Å². The molecular weight excluding hydrogens is 340 g/mol. The van der Waals surface area contributed by atoms with Crippen molar-refractivity contribution in [2.75, 3.05) is 25.5 Å². The molecular formula is C22H26N2O3. The number of carbonyl (C=O) groups is 2. The van der Waals surface area contributed by atoms with Crippen LogP contribution in [0, 0.1) is 6.92 Å². The predicted octanol–water partition coefficient (Wildman–Crippen LogP) is 3.81. The van der Waals surface area contributed by atoms with Gasteiger partial charge in [0.05, 0.1) is 18.4 Å². The Morgan fingerprint density at radius 1 is 1.07 bits per heavy atom. The average molecular weight is 366 g/mol. The molecule has 0 radical (unpaired) electrons. The van der Waals surface area contributed by atoms with E-state index in [0.29, 0.717) is 24.1 Å². The fraction of sp³-hybridized carbons (Fsp3) is 0.364. The van der Waals surface area contributed by atoms with Crippen molar-refractivity contribution in [1.82, 2.24) is 4.90 Å². The largest absolute Gasteiger partial charge is 0.496 e. The number of hydrogen-bond donors (Lipinski definition) is 1. The molecule has 0 unspecified atom stereocenters. The fourth-order valence-corrected chi connectivity index (χ4v) is 3.46. The molecule has 142 valence electrons. The minimum Gasteiger partial charge on any atom is -0.496 e. The summed E-state index contributed by atoms with van der Waals surface area (Å²) >= 11 is 0. The first kappa shape index (κ1) is 19.0. The first-order valence-electron chi connectivity index (χ1n) is 9.41. The molecule has 0 aromatic heterocycles. The molecule has 0 aliphatic carbocycles. The van der Waals surface area contributed by atoms with Crippen LogP contribution < -0.4 is 10.1 Å². The molecule has 2 aromatic carbocycles. The molecule has 1 aliphatic rings. The quantitative estimate of drug-likeness (QED) is 0.846. The maximum Gasteiger partial charge on any atom is 0.255 e. The molecule has 3 rings (SSSR count). The number of aryl methyl sites for hydroxylation is 2. The Labute approximate surface area is 160 Å². The minimum absolute atomic E-state index is 0.00349. The summed E-state index contributed by atoms with van der Waals surface area (Å²) in [4.78, 5) is 27.2. The van der Waals surface area contributed by atoms with E-state index in [2.05, 4.69) is 5.32 Å². The molecule has 5 nitrogen and oxygen atoms in total. The Kier molecular flexibility index (Phi) is 6.12. The lowest BCUT2D eigenvalue weighted by molar-refractivity contribution is -0.116. The van der Waals surface area contributed by atoms with Crippen LogP contribution in [0.5, 0.6) is 5.75 Å². The summed E-state index contributed by atoms with van der Waals surface area (Å²) in [5.41, 5.74) is 3.08. The normalized spacial score (nSPS) is 13.5. The number of likely N-dealkylation sites (tertiary alicyclic amines) is 1. The Morgan fingerprint density at radius 3 is 2.56 bits per heavy atom. The van der Waals surface area contributed by atoms with E-state index in [0.717, 1.165) is 42.8 Å². The Morgan fingerprint density at radius 2 is 1.81 bits per heavy atom. The molecule has 2 aromatic rings. The van der Waals surface area contributed by atoms with E-state index in [1.54, 1.807) is 13.2 Å². The van der Waals surface area contributed by atoms with E-state index in [4.69, 9.17) is 4.74 Å². The minimum atomic E-state index is -0.106. The number of anilines is 1. The van der Waals surface area contributed by atoms with Crippen molar-refractivity contribution in [3.63, 3.8) is 0 Å². The molecule has 5 heteroatoms. The van der Waals surface area contributed by atoms with Crippen LogP contribution in [0.4, 0.5) is 5.69 Å². The third-order valence-corrected chi connectivity index (χ3v) is 4.97. The Hall–Kier alpha value is -2.82. The topological polar surface area (TPSA) is 58.6 Å². The van der Waals surface area contributed by atoms with Crippen LogP contribution >= 0.6 is 0 Å². The second-order valence-electron chi connectivity index (χ2n) is 6.86. The highest BCUT2D eigenvalue weighted by atomic mass is 16.5. The molecule has 0 bridgehead atoms. The van der Waals surface area contributed by atoms with Crippen LogP contribution in [-0.4, -0.2) is 36.9 Å². The highest BCUT2D eigenvalue weighted by molar-refractivity contribution is 6.04. The molecule has 0 atom stereocenters. The number of rotatable bonds is 6. The SMILES string of the molecule is COc1ccccc1CCC(=O)Nc1c(C)cccc1C(=O)N1CCCC1. The van der Waals surface area contributed by atoms with Gasteiger partial charge in [0.25, 0.3) is 5.91 Å². The molecule has 0 saturated carbocycles. The highest BCUT2D eigenvalue weighted by Gasteiger charge is 2.23. The number of ether oxygens (including phenoxy) is 1. The van der Waals surface area contributed by atoms with Crippen molar-refractivity contribution in [1.29, 1.82) is 0 Å². The van der Waals surface area contributed by atoms with Gasteiger partial charge in [-0.05, 0) is 49.4 Å². The van der Waals surface area contributed by atoms with Crippen LogP contribution in [-0.2, 0) is 11.2 Å². The number of nitrogens with one attached hydrogen (secondary N) is 1. The standard InChI is InChI=1S/C22H26N2O3/c1-16-8-7-10-18(22(26)24-14-5-6-15-24)21(16)23-20(25)13-12-17-9-3-4-11-19(17)27-2/h3-4,7-11H,5-6,12-15H2,1-2H3,(H,23,25). The van der Waals surface area contributed by atoms with Crippen LogP contribution in [0.25, 0.3) is 0 Å². The molecule has 1 fully saturated rings. The average Bonchev–Trinajstić information content (AvgIpc) is 3.22. The van der Waals surface area contributed by atoms with Crippen LogP contribution in [0.15, 0.2) is 42.5 Å². The van der Waals surface area contributed by atoms with Gasteiger partial charge in [-0.15, -0.1) is 0 Å². The van der Waals surface area contributed by atoms with Gasteiger partial charge in [-0.1, -0.05) is 30.3 Å². The zero-order valence-corrected chi connectivity index (χ0v) is 16.0. The fourth-order valence-electron chi connectivity index (χ4n) is 3.46. The number of carbonyl (C=O) groups excluding carboxylic acids is 2. The summed E-state index contributed by atoms with van der Waals surface area (Å²) < 4.78 is 5.34. The van der Waals surface area contributed by atoms with E-state index >= 15 is 0 Å². The predicted molar refractivity (Wildman–Crippen MR) is 106 cm³/mol. The summed E-state index contributed by atoms with van der Waals surface area (Å²) in [5, 5.41) is 2.96. The van der Waals surface area contributed by atoms with Gasteiger partial charge < -0.3 is 15.0 Å². The summed E-state index contributed by atoms with van der Waals surface area (Å²) in [6.45, 7) is 3.48. The van der Waals surface area contributed by atoms with E-state index in [-0.39, 0.29) is 11.8 Å². The first-order valence-corrected chi connectivity index (χ1v) is 9.41. The van der Waals surface area contributed by atoms with Crippen molar-refractivity contribution < 1.29 is 14.3 Å². The molecule has 2 amide bonds. The second-order valence-corrected chi connectivity index (χ2v) is 6.86. The maximum absolute atomic E-state index is 12.8. The number of nitrogens with zero attached hydrogens (tertiary/aromatic N) is 1. The van der Waals surface area contributed by atoms with E-state index in [9.17, 15) is 9.59 Å². The van der Waals surface area contributed by atoms with Gasteiger partial charge in [0.2, 0.25) is 5.91 Å². The van der Waals surface area contributed by atoms with Gasteiger partial charge in [-0.25, -0.2) is 0 Å². The number of methoxy groups -OCH3 is 1. The van der Waals surface area contributed by atoms with Gasteiger partial charge in [0, 0.05) is 19.5 Å². The van der Waals surface area contributed by atoms with Crippen molar-refractivity contribution in [2.24, 2.45) is 0 Å². The maximum atomic E-state index is 12.8. The third-order valence-electron chi connectivity index (χ3n) is 4.97. The number of amides is 2. The third kappa shape index (κ3) is 4.48. The smallest absolute Gasteiger partial charge is 0.255 e. The Balaban J connectivity index is 1.71. The van der Waals surface area contributed by atoms with Crippen LogP contribution in [0.2, 0.25) is 0 Å². The van der Waals surface area contributed by atoms with Crippen molar-refractivity contribution >= 4 is 17.5 Å². The molecule has 1 heterocycles. The van der Waals surface area contributed by atoms with Crippen LogP contribution in [0.3, 0.4) is 0 Å². The summed E-state index contributed by atoms with van der Waals surface area (Å²) in [6.07, 6.45) is 2.99. The monoisotopic (exact) mass is 366 g/mol. The zero-order valence-electron chi connectivity index (χ0n) is 16.0. The number of para-hydroxylation sites is 2. The lowest BCUT2D eigenvalue weighted by Gasteiger charge is -2.19. The lowest BCUT2D eigenvalue weighted by atomic mass is 10.1. The number of hydrogen-bond acceptors (Lipinski definition) is 3. The molecule has 1 saturated heterocycles. The lowest BCUT2D eigenvalue weighted by Crippen LogP contribution is -2.29. The van der Waals surface area contributed by atoms with Crippen molar-refractivity contribution in [3.8, 4) is 5.75 Å². The summed E-state index contributed by atoms with van der Waals surface area (Å²) in [5.74, 6) is 0.674. The molecule has 0 spiro atoms. The summed E-state index contributed by atoms with van der Waals surface area (Å²) in [7, 11) is 1.63. The first-order chi connectivity index (χ1) is 13.1. The van der Waals surface area contributed by atoms with Gasteiger partial charge in [0.15, 0.2) is 0 Å². The summed E-state index contributed by atoms with van der Waals surface area (Å²) in [6, 6.07) is 13.3. The van der Waals surface area contributed by atoms with E-state index in [1.165, 1.54) is 0 Å². The van der Waals surface area contributed by atoms with Gasteiger partial charge in [-0.2, -0.15) is 0 Å². The van der Waals surface area contributed by atoms with Gasteiger partial charge in [0.1, 0.15) is 5.75 Å². The molecule has 1 N–H and O–H groups in total. The van der Waals surface area contributed by atoms with Crippen LogP contribution in [0.1, 0.15) is 40.7 Å². The van der Waals surface area contributed by atoms with Gasteiger partial charge in [-0.3, -0.25) is 9.59 Å². The zero-order chi connectivity index (χ0) is 19.2. The van der Waals surface area contributed by atoms with Crippen molar-refractivity contribution in [3.05, 3.63) is 59.2 Å². The Bertz CT molecular complexity index is 826. The number of benzene rings is 2. The highest BCUT2D eigenvalue weighted by Crippen LogP contribution is 2.25. The van der Waals surface area contributed by atoms with E-state index < -0.39 is 0 Å².